The van der Waals surface area contributed by atoms with Gasteiger partial charge in [0.05, 0.1) is 13.7 Å². The second kappa shape index (κ2) is 8.50. The van der Waals surface area contributed by atoms with E-state index in [9.17, 15) is 18.8 Å². The molecule has 2 N–H and O–H groups in total. The van der Waals surface area contributed by atoms with E-state index in [-0.39, 0.29) is 12.4 Å². The Hall–Kier alpha value is -3.46. The fourth-order valence-electron chi connectivity index (χ4n) is 3.22. The number of carbonyl (C=O) groups is 3. The van der Waals surface area contributed by atoms with Crippen LogP contribution in [0.3, 0.4) is 0 Å². The molecule has 8 nitrogen and oxygen atoms in total. The number of urea groups is 1. The van der Waals surface area contributed by atoms with Gasteiger partial charge in [-0.3, -0.25) is 19.9 Å². The van der Waals surface area contributed by atoms with Crippen molar-refractivity contribution in [2.45, 2.75) is 19.0 Å². The van der Waals surface area contributed by atoms with Crippen molar-refractivity contribution in [3.63, 3.8) is 0 Å². The SMILES string of the molecule is COc1ccc(C2(C)NC(=O)N(NC(=O)CN(C)Cc3ccc(F)cc3)C2=O)cc1. The van der Waals surface area contributed by atoms with Gasteiger partial charge in [0.2, 0.25) is 0 Å². The Bertz CT molecular complexity index is 948. The van der Waals surface area contributed by atoms with Crippen LogP contribution in [-0.2, 0) is 21.7 Å². The van der Waals surface area contributed by atoms with E-state index in [1.54, 1.807) is 55.3 Å². The third kappa shape index (κ3) is 4.41. The summed E-state index contributed by atoms with van der Waals surface area (Å²) in [5.74, 6) is -0.833. The number of hydrazine groups is 1. The van der Waals surface area contributed by atoms with E-state index in [1.807, 2.05) is 0 Å². The summed E-state index contributed by atoms with van der Waals surface area (Å²) >= 11 is 0. The normalized spacial score (nSPS) is 18.5. The van der Waals surface area contributed by atoms with Crippen molar-refractivity contribution in [3.05, 3.63) is 65.5 Å². The highest BCUT2D eigenvalue weighted by Crippen LogP contribution is 2.29. The second-order valence-corrected chi connectivity index (χ2v) is 7.26. The number of halogens is 1. The lowest BCUT2D eigenvalue weighted by molar-refractivity contribution is -0.139. The topological polar surface area (TPSA) is 91.0 Å². The van der Waals surface area contributed by atoms with Gasteiger partial charge in [-0.15, -0.1) is 0 Å². The van der Waals surface area contributed by atoms with Gasteiger partial charge in [-0.05, 0) is 49.4 Å². The van der Waals surface area contributed by atoms with Crippen molar-refractivity contribution in [2.24, 2.45) is 0 Å². The maximum atomic E-state index is 13.0. The first-order valence-electron chi connectivity index (χ1n) is 9.26. The summed E-state index contributed by atoms with van der Waals surface area (Å²) in [6.07, 6.45) is 0. The minimum absolute atomic E-state index is 0.0618. The number of ether oxygens (including phenoxy) is 1. The molecule has 0 bridgehead atoms. The number of benzene rings is 2. The van der Waals surface area contributed by atoms with Crippen LogP contribution in [0.15, 0.2) is 48.5 Å². The number of nitrogens with zero attached hydrogens (tertiary/aromatic N) is 2. The summed E-state index contributed by atoms with van der Waals surface area (Å²) in [6.45, 7) is 1.91. The van der Waals surface area contributed by atoms with Gasteiger partial charge < -0.3 is 10.1 Å². The fraction of sp³-hybridized carbons (Fsp3) is 0.286. The van der Waals surface area contributed by atoms with Gasteiger partial charge in [-0.25, -0.2) is 9.18 Å². The molecular formula is C21H23FN4O4. The smallest absolute Gasteiger partial charge is 0.344 e. The molecule has 30 heavy (non-hydrogen) atoms. The molecule has 1 fully saturated rings. The third-order valence-electron chi connectivity index (χ3n) is 4.87. The van der Waals surface area contributed by atoms with Crippen molar-refractivity contribution < 1.29 is 23.5 Å². The Balaban J connectivity index is 1.62. The van der Waals surface area contributed by atoms with Gasteiger partial charge in [-0.1, -0.05) is 24.3 Å². The van der Waals surface area contributed by atoms with Crippen molar-refractivity contribution in [3.8, 4) is 5.75 Å². The van der Waals surface area contributed by atoms with E-state index in [0.29, 0.717) is 22.9 Å². The van der Waals surface area contributed by atoms with Crippen LogP contribution in [0.4, 0.5) is 9.18 Å². The van der Waals surface area contributed by atoms with E-state index in [1.165, 1.54) is 19.2 Å². The van der Waals surface area contributed by atoms with Crippen molar-refractivity contribution in [1.82, 2.24) is 20.7 Å². The Kier molecular flexibility index (Phi) is 6.02. The number of likely N-dealkylation sites (N-methyl/N-ethyl adjacent to an activating group) is 1. The van der Waals surface area contributed by atoms with Gasteiger partial charge in [0.25, 0.3) is 11.8 Å². The summed E-state index contributed by atoms with van der Waals surface area (Å²) in [5.41, 5.74) is 2.44. The van der Waals surface area contributed by atoms with Gasteiger partial charge in [-0.2, -0.15) is 5.01 Å². The Labute approximate surface area is 173 Å². The molecule has 2 aromatic rings. The summed E-state index contributed by atoms with van der Waals surface area (Å²) in [7, 11) is 3.24. The molecule has 1 atom stereocenters. The van der Waals surface area contributed by atoms with E-state index in [2.05, 4.69) is 10.7 Å². The molecule has 2 aromatic carbocycles. The number of methoxy groups -OCH3 is 1. The number of imide groups is 1. The number of amides is 4. The van der Waals surface area contributed by atoms with Gasteiger partial charge in [0.1, 0.15) is 17.1 Å². The molecule has 4 amide bonds. The zero-order valence-corrected chi connectivity index (χ0v) is 16.9. The molecule has 1 heterocycles. The summed E-state index contributed by atoms with van der Waals surface area (Å²) in [5, 5.41) is 3.31. The Morgan fingerprint density at radius 1 is 1.17 bits per heavy atom. The number of carbonyl (C=O) groups excluding carboxylic acids is 3. The molecule has 1 unspecified atom stereocenters. The van der Waals surface area contributed by atoms with Crippen LogP contribution >= 0.6 is 0 Å². The molecular weight excluding hydrogens is 391 g/mol. The molecule has 158 valence electrons. The highest BCUT2D eigenvalue weighted by atomic mass is 19.1. The standard InChI is InChI=1S/C21H23FN4O4/c1-21(15-6-10-17(30-3)11-7-15)19(28)26(20(29)23-21)24-18(27)13-25(2)12-14-4-8-16(22)9-5-14/h4-11H,12-13H2,1-3H3,(H,23,29)(H,24,27). The van der Waals surface area contributed by atoms with Crippen molar-refractivity contribution >= 4 is 17.8 Å². The number of rotatable bonds is 7. The average Bonchev–Trinajstić information content (AvgIpc) is 2.93. The minimum Gasteiger partial charge on any atom is -0.497 e. The summed E-state index contributed by atoms with van der Waals surface area (Å²) in [4.78, 5) is 39.3. The average molecular weight is 414 g/mol. The van der Waals surface area contributed by atoms with Crippen LogP contribution < -0.4 is 15.5 Å². The first-order valence-corrected chi connectivity index (χ1v) is 9.26. The predicted molar refractivity (Wildman–Crippen MR) is 107 cm³/mol. The molecule has 0 aromatic heterocycles. The summed E-state index contributed by atoms with van der Waals surface area (Å²) < 4.78 is 18.1. The quantitative estimate of drug-likeness (QED) is 0.674. The Morgan fingerprint density at radius 2 is 1.80 bits per heavy atom. The highest BCUT2D eigenvalue weighted by molar-refractivity contribution is 6.08. The molecule has 3 rings (SSSR count). The maximum Gasteiger partial charge on any atom is 0.344 e. The first-order chi connectivity index (χ1) is 14.2. The van der Waals surface area contributed by atoms with Crippen LogP contribution in [0.2, 0.25) is 0 Å². The zero-order valence-electron chi connectivity index (χ0n) is 16.9. The van der Waals surface area contributed by atoms with E-state index >= 15 is 0 Å². The maximum absolute atomic E-state index is 13.0. The van der Waals surface area contributed by atoms with E-state index in [0.717, 1.165) is 5.56 Å². The van der Waals surface area contributed by atoms with Crippen molar-refractivity contribution in [2.75, 3.05) is 20.7 Å². The fourth-order valence-corrected chi connectivity index (χ4v) is 3.22. The van der Waals surface area contributed by atoms with E-state index in [4.69, 9.17) is 4.74 Å². The molecule has 0 saturated carbocycles. The molecule has 0 radical (unpaired) electrons. The first kappa shape index (κ1) is 21.3. The van der Waals surface area contributed by atoms with Crippen LogP contribution in [-0.4, -0.2) is 48.5 Å². The lowest BCUT2D eigenvalue weighted by Crippen LogP contribution is -2.50. The highest BCUT2D eigenvalue weighted by Gasteiger charge is 2.50. The third-order valence-corrected chi connectivity index (χ3v) is 4.87. The van der Waals surface area contributed by atoms with Crippen LogP contribution in [0, 0.1) is 5.82 Å². The molecule has 1 aliphatic rings. The number of hydrogen-bond donors (Lipinski definition) is 2. The van der Waals surface area contributed by atoms with Crippen LogP contribution in [0.5, 0.6) is 5.75 Å². The Morgan fingerprint density at radius 3 is 2.40 bits per heavy atom. The van der Waals surface area contributed by atoms with Crippen LogP contribution in [0.25, 0.3) is 0 Å². The largest absolute Gasteiger partial charge is 0.497 e. The second-order valence-electron chi connectivity index (χ2n) is 7.26. The lowest BCUT2D eigenvalue weighted by atomic mass is 9.92. The zero-order chi connectivity index (χ0) is 21.9. The molecule has 1 aliphatic heterocycles. The predicted octanol–water partition coefficient (Wildman–Crippen LogP) is 1.76. The minimum atomic E-state index is -1.31. The van der Waals surface area contributed by atoms with E-state index < -0.39 is 23.4 Å². The van der Waals surface area contributed by atoms with Gasteiger partial charge in [0.15, 0.2) is 0 Å². The number of nitrogens with one attached hydrogen (secondary N) is 2. The molecule has 0 spiro atoms. The van der Waals surface area contributed by atoms with Gasteiger partial charge in [0, 0.05) is 6.54 Å². The molecule has 0 aliphatic carbocycles. The molecule has 9 heteroatoms. The monoisotopic (exact) mass is 414 g/mol. The summed E-state index contributed by atoms with van der Waals surface area (Å²) in [6, 6.07) is 12.0. The van der Waals surface area contributed by atoms with Crippen molar-refractivity contribution in [1.29, 1.82) is 0 Å². The van der Waals surface area contributed by atoms with Gasteiger partial charge >= 0.3 is 6.03 Å². The molecule has 1 saturated heterocycles. The van der Waals surface area contributed by atoms with Crippen LogP contribution in [0.1, 0.15) is 18.1 Å². The number of hydrogen-bond acceptors (Lipinski definition) is 5. The lowest BCUT2D eigenvalue weighted by Gasteiger charge is -2.23.